The Bertz CT molecular complexity index is 434. The van der Waals surface area contributed by atoms with Gasteiger partial charge in [-0.2, -0.15) is 0 Å². The second-order valence-corrected chi connectivity index (χ2v) is 5.55. The van der Waals surface area contributed by atoms with Gasteiger partial charge in [-0.25, -0.2) is 4.98 Å². The van der Waals surface area contributed by atoms with Crippen molar-refractivity contribution >= 4 is 5.82 Å². The van der Waals surface area contributed by atoms with Gasteiger partial charge in [-0.15, -0.1) is 0 Å². The Morgan fingerprint density at radius 1 is 1.30 bits per heavy atom. The Kier molecular flexibility index (Phi) is 4.50. The van der Waals surface area contributed by atoms with Gasteiger partial charge in [0.25, 0.3) is 0 Å². The summed E-state index contributed by atoms with van der Waals surface area (Å²) >= 11 is 0. The molecule has 5 nitrogen and oxygen atoms in total. The van der Waals surface area contributed by atoms with Crippen LogP contribution in [-0.4, -0.2) is 62.4 Å². The van der Waals surface area contributed by atoms with Crippen molar-refractivity contribution in [2.24, 2.45) is 0 Å². The summed E-state index contributed by atoms with van der Waals surface area (Å²) in [6, 6.07) is 6.97. The molecule has 1 unspecified atom stereocenters. The summed E-state index contributed by atoms with van der Waals surface area (Å²) in [5, 5.41) is 3.16. The molecule has 3 rings (SSSR count). The van der Waals surface area contributed by atoms with Crippen LogP contribution in [-0.2, 0) is 11.3 Å². The zero-order valence-corrected chi connectivity index (χ0v) is 12.2. The van der Waals surface area contributed by atoms with E-state index in [1.807, 2.05) is 7.05 Å². The number of nitrogens with one attached hydrogen (secondary N) is 1. The molecule has 5 heteroatoms. The number of hydrogen-bond acceptors (Lipinski definition) is 5. The highest BCUT2D eigenvalue weighted by molar-refractivity contribution is 5.41. The van der Waals surface area contributed by atoms with Crippen LogP contribution in [0.25, 0.3) is 0 Å². The van der Waals surface area contributed by atoms with Gasteiger partial charge in [-0.05, 0) is 25.6 Å². The van der Waals surface area contributed by atoms with Crippen molar-refractivity contribution in [2.45, 2.75) is 19.0 Å². The summed E-state index contributed by atoms with van der Waals surface area (Å²) in [5.41, 5.74) is 1.11. The van der Waals surface area contributed by atoms with Crippen LogP contribution in [0.3, 0.4) is 0 Å². The van der Waals surface area contributed by atoms with Gasteiger partial charge in [0.15, 0.2) is 0 Å². The Morgan fingerprint density at radius 3 is 2.95 bits per heavy atom. The molecule has 1 atom stereocenters. The largest absolute Gasteiger partial charge is 0.379 e. The Labute approximate surface area is 120 Å². The lowest BCUT2D eigenvalue weighted by Crippen LogP contribution is -2.44. The summed E-state index contributed by atoms with van der Waals surface area (Å²) in [6.45, 7) is 6.94. The number of anilines is 1. The maximum atomic E-state index is 5.44. The van der Waals surface area contributed by atoms with Crippen molar-refractivity contribution in [3.63, 3.8) is 0 Å². The highest BCUT2D eigenvalue weighted by Gasteiger charge is 2.29. The van der Waals surface area contributed by atoms with Crippen molar-refractivity contribution in [3.8, 4) is 0 Å². The highest BCUT2D eigenvalue weighted by Crippen LogP contribution is 2.22. The highest BCUT2D eigenvalue weighted by atomic mass is 16.5. The molecular weight excluding hydrogens is 252 g/mol. The molecule has 0 saturated carbocycles. The normalized spacial score (nSPS) is 24.2. The summed E-state index contributed by atoms with van der Waals surface area (Å²) in [6.07, 6.45) is 1.23. The number of aromatic nitrogens is 1. The van der Waals surface area contributed by atoms with Crippen molar-refractivity contribution < 1.29 is 4.74 Å². The summed E-state index contributed by atoms with van der Waals surface area (Å²) in [5.74, 6) is 1.12. The van der Waals surface area contributed by atoms with Gasteiger partial charge in [0.05, 0.1) is 18.9 Å². The lowest BCUT2D eigenvalue weighted by atomic mass is 10.2. The molecule has 3 heterocycles. The summed E-state index contributed by atoms with van der Waals surface area (Å²) < 4.78 is 5.44. The molecule has 0 bridgehead atoms. The number of hydrogen-bond donors (Lipinski definition) is 1. The topological polar surface area (TPSA) is 40.6 Å². The second-order valence-electron chi connectivity index (χ2n) is 5.55. The zero-order valence-electron chi connectivity index (χ0n) is 12.2. The Balaban J connectivity index is 1.62. The van der Waals surface area contributed by atoms with Crippen molar-refractivity contribution in [2.75, 3.05) is 51.3 Å². The average molecular weight is 276 g/mol. The third-order valence-corrected chi connectivity index (χ3v) is 4.20. The number of rotatable bonds is 4. The molecule has 110 valence electrons. The van der Waals surface area contributed by atoms with E-state index in [-0.39, 0.29) is 0 Å². The van der Waals surface area contributed by atoms with E-state index in [2.05, 4.69) is 33.3 Å². The standard InChI is InChI=1S/C15H24N4O/c1-16-11-13-3-2-4-15(17-13)19-6-5-14(12-19)18-7-9-20-10-8-18/h2-4,14,16H,5-12H2,1H3. The van der Waals surface area contributed by atoms with E-state index in [0.717, 1.165) is 57.4 Å². The van der Waals surface area contributed by atoms with Crippen molar-refractivity contribution in [1.29, 1.82) is 0 Å². The molecule has 2 saturated heterocycles. The number of nitrogens with zero attached hydrogens (tertiary/aromatic N) is 3. The van der Waals surface area contributed by atoms with Crippen LogP contribution in [0.15, 0.2) is 18.2 Å². The smallest absolute Gasteiger partial charge is 0.128 e. The summed E-state index contributed by atoms with van der Waals surface area (Å²) in [4.78, 5) is 9.73. The average Bonchev–Trinajstić information content (AvgIpc) is 2.99. The molecule has 1 N–H and O–H groups in total. The third kappa shape index (κ3) is 3.11. The van der Waals surface area contributed by atoms with E-state index < -0.39 is 0 Å². The number of morpholine rings is 1. The molecular formula is C15H24N4O. The molecule has 1 aromatic rings. The molecule has 1 aromatic heterocycles. The van der Waals surface area contributed by atoms with Gasteiger partial charge in [0.2, 0.25) is 0 Å². The van der Waals surface area contributed by atoms with E-state index in [9.17, 15) is 0 Å². The molecule has 2 aliphatic heterocycles. The van der Waals surface area contributed by atoms with E-state index in [1.54, 1.807) is 0 Å². The first kappa shape index (κ1) is 13.8. The van der Waals surface area contributed by atoms with Crippen LogP contribution < -0.4 is 10.2 Å². The third-order valence-electron chi connectivity index (χ3n) is 4.20. The maximum Gasteiger partial charge on any atom is 0.128 e. The summed E-state index contributed by atoms with van der Waals surface area (Å²) in [7, 11) is 1.96. The van der Waals surface area contributed by atoms with Crippen LogP contribution in [0.4, 0.5) is 5.82 Å². The van der Waals surface area contributed by atoms with Crippen LogP contribution in [0.5, 0.6) is 0 Å². The molecule has 0 spiro atoms. The maximum absolute atomic E-state index is 5.44. The number of ether oxygens (including phenoxy) is 1. The van der Waals surface area contributed by atoms with Crippen molar-refractivity contribution in [1.82, 2.24) is 15.2 Å². The predicted octanol–water partition coefficient (Wildman–Crippen LogP) is 0.712. The minimum absolute atomic E-state index is 0.661. The zero-order chi connectivity index (χ0) is 13.8. The Morgan fingerprint density at radius 2 is 2.15 bits per heavy atom. The van der Waals surface area contributed by atoms with Crippen molar-refractivity contribution in [3.05, 3.63) is 23.9 Å². The fraction of sp³-hybridized carbons (Fsp3) is 0.667. The van der Waals surface area contributed by atoms with Crippen LogP contribution in [0.1, 0.15) is 12.1 Å². The van der Waals surface area contributed by atoms with Gasteiger partial charge in [-0.1, -0.05) is 6.07 Å². The SMILES string of the molecule is CNCc1cccc(N2CCC(N3CCOCC3)C2)n1. The van der Waals surface area contributed by atoms with Crippen LogP contribution in [0, 0.1) is 0 Å². The second kappa shape index (κ2) is 6.52. The van der Waals surface area contributed by atoms with E-state index in [4.69, 9.17) is 9.72 Å². The van der Waals surface area contributed by atoms with Gasteiger partial charge in [-0.3, -0.25) is 4.90 Å². The first-order chi connectivity index (χ1) is 9.86. The van der Waals surface area contributed by atoms with E-state index in [0.29, 0.717) is 6.04 Å². The number of pyridine rings is 1. The van der Waals surface area contributed by atoms with E-state index in [1.165, 1.54) is 6.42 Å². The predicted molar refractivity (Wildman–Crippen MR) is 80.0 cm³/mol. The fourth-order valence-corrected chi connectivity index (χ4v) is 3.11. The quantitative estimate of drug-likeness (QED) is 0.877. The van der Waals surface area contributed by atoms with Gasteiger partial charge >= 0.3 is 0 Å². The first-order valence-electron chi connectivity index (χ1n) is 7.54. The first-order valence-corrected chi connectivity index (χ1v) is 7.54. The fourth-order valence-electron chi connectivity index (χ4n) is 3.11. The molecule has 0 amide bonds. The Hall–Kier alpha value is -1.17. The molecule has 2 aliphatic rings. The minimum Gasteiger partial charge on any atom is -0.379 e. The molecule has 2 fully saturated rings. The van der Waals surface area contributed by atoms with Gasteiger partial charge in [0.1, 0.15) is 5.82 Å². The van der Waals surface area contributed by atoms with Crippen LogP contribution >= 0.6 is 0 Å². The van der Waals surface area contributed by atoms with E-state index >= 15 is 0 Å². The van der Waals surface area contributed by atoms with Gasteiger partial charge < -0.3 is 15.0 Å². The van der Waals surface area contributed by atoms with Gasteiger partial charge in [0, 0.05) is 38.8 Å². The monoisotopic (exact) mass is 276 g/mol. The molecule has 0 radical (unpaired) electrons. The van der Waals surface area contributed by atoms with Crippen LogP contribution in [0.2, 0.25) is 0 Å². The molecule has 0 aromatic carbocycles. The lowest BCUT2D eigenvalue weighted by Gasteiger charge is -2.32. The molecule has 20 heavy (non-hydrogen) atoms. The molecule has 0 aliphatic carbocycles. The lowest BCUT2D eigenvalue weighted by molar-refractivity contribution is 0.0209. The minimum atomic E-state index is 0.661.